The van der Waals surface area contributed by atoms with Crippen LogP contribution in [0.5, 0.6) is 17.2 Å². The lowest BCUT2D eigenvalue weighted by atomic mass is 10.1. The average Bonchev–Trinajstić information content (AvgIpc) is 2.75. The summed E-state index contributed by atoms with van der Waals surface area (Å²) in [5.41, 5.74) is 0.158. The monoisotopic (exact) mass is 426 g/mol. The molecule has 0 unspecified atom stereocenters. The number of ether oxygens (including phenoxy) is 3. The van der Waals surface area contributed by atoms with Gasteiger partial charge in [-0.2, -0.15) is 5.10 Å². The van der Waals surface area contributed by atoms with E-state index in [1.807, 2.05) is 19.0 Å². The Balaban J connectivity index is 1.72. The summed E-state index contributed by atoms with van der Waals surface area (Å²) in [6.07, 6.45) is 1.52. The smallest absolute Gasteiger partial charge is 0.279 e. The highest BCUT2D eigenvalue weighted by Crippen LogP contribution is 2.32. The first-order valence-electron chi connectivity index (χ1n) is 9.71. The molecule has 1 aromatic heterocycles. The molecular formula is C22H26N4O5. The summed E-state index contributed by atoms with van der Waals surface area (Å²) in [4.78, 5) is 27.4. The fraction of sp³-hybridized carbons (Fsp3) is 0.318. The van der Waals surface area contributed by atoms with Crippen LogP contribution in [0.2, 0.25) is 0 Å². The predicted molar refractivity (Wildman–Crippen MR) is 118 cm³/mol. The van der Waals surface area contributed by atoms with Crippen molar-refractivity contribution in [1.29, 1.82) is 0 Å². The zero-order valence-electron chi connectivity index (χ0n) is 18.0. The van der Waals surface area contributed by atoms with Crippen molar-refractivity contribution in [1.82, 2.24) is 14.7 Å². The molecule has 0 aliphatic rings. The van der Waals surface area contributed by atoms with Crippen molar-refractivity contribution in [2.45, 2.75) is 6.54 Å². The number of carbonyl (C=O) groups excluding carboxylic acids is 1. The minimum Gasteiger partial charge on any atom is -0.493 e. The van der Waals surface area contributed by atoms with Crippen LogP contribution in [0, 0.1) is 0 Å². The molecule has 0 spiro atoms. The van der Waals surface area contributed by atoms with Crippen molar-refractivity contribution in [3.8, 4) is 17.2 Å². The van der Waals surface area contributed by atoms with Crippen LogP contribution in [0.3, 0.4) is 0 Å². The Morgan fingerprint density at radius 2 is 1.84 bits per heavy atom. The lowest BCUT2D eigenvalue weighted by Crippen LogP contribution is -2.29. The van der Waals surface area contributed by atoms with Gasteiger partial charge in [0.1, 0.15) is 18.9 Å². The van der Waals surface area contributed by atoms with Gasteiger partial charge in [-0.1, -0.05) is 0 Å². The molecule has 1 N–H and O–H groups in total. The summed E-state index contributed by atoms with van der Waals surface area (Å²) < 4.78 is 17.3. The molecule has 9 heteroatoms. The molecule has 0 aliphatic carbocycles. The average molecular weight is 426 g/mol. The maximum absolute atomic E-state index is 12.9. The molecule has 3 aromatic rings. The Morgan fingerprint density at radius 1 is 1.10 bits per heavy atom. The maximum Gasteiger partial charge on any atom is 0.279 e. The van der Waals surface area contributed by atoms with Crippen LogP contribution in [0.25, 0.3) is 10.8 Å². The number of hydrogen-bond acceptors (Lipinski definition) is 7. The Labute approximate surface area is 180 Å². The van der Waals surface area contributed by atoms with E-state index in [1.54, 1.807) is 36.4 Å². The largest absolute Gasteiger partial charge is 0.493 e. The van der Waals surface area contributed by atoms with Gasteiger partial charge in [-0.05, 0) is 50.5 Å². The second kappa shape index (κ2) is 9.94. The highest BCUT2D eigenvalue weighted by Gasteiger charge is 2.16. The van der Waals surface area contributed by atoms with Crippen molar-refractivity contribution in [3.05, 3.63) is 52.9 Å². The van der Waals surface area contributed by atoms with Gasteiger partial charge in [0.2, 0.25) is 5.91 Å². The molecule has 0 radical (unpaired) electrons. The van der Waals surface area contributed by atoms with E-state index in [4.69, 9.17) is 14.2 Å². The number of rotatable bonds is 9. The fourth-order valence-corrected chi connectivity index (χ4v) is 3.01. The summed E-state index contributed by atoms with van der Waals surface area (Å²) in [6.45, 7) is 1.14. The number of fused-ring (bicyclic) bond motifs is 1. The molecule has 9 nitrogen and oxygen atoms in total. The van der Waals surface area contributed by atoms with Crippen LogP contribution in [0.4, 0.5) is 5.69 Å². The first-order valence-corrected chi connectivity index (χ1v) is 9.71. The molecule has 0 fully saturated rings. The number of aromatic nitrogens is 2. The third-order valence-corrected chi connectivity index (χ3v) is 4.60. The number of nitrogens with zero attached hydrogens (tertiary/aromatic N) is 3. The van der Waals surface area contributed by atoms with Gasteiger partial charge < -0.3 is 24.4 Å². The van der Waals surface area contributed by atoms with Crippen LogP contribution in [-0.4, -0.2) is 62.1 Å². The van der Waals surface area contributed by atoms with Gasteiger partial charge in [0.25, 0.3) is 5.56 Å². The minimum atomic E-state index is -0.437. The molecule has 0 saturated heterocycles. The highest BCUT2D eigenvalue weighted by atomic mass is 16.5. The first-order chi connectivity index (χ1) is 14.9. The molecule has 2 aromatic carbocycles. The van der Waals surface area contributed by atoms with Crippen LogP contribution >= 0.6 is 0 Å². The van der Waals surface area contributed by atoms with Crippen molar-refractivity contribution < 1.29 is 19.0 Å². The molecule has 0 atom stereocenters. The van der Waals surface area contributed by atoms with Crippen molar-refractivity contribution in [2.24, 2.45) is 0 Å². The summed E-state index contributed by atoms with van der Waals surface area (Å²) in [5, 5.41) is 7.77. The van der Waals surface area contributed by atoms with E-state index in [-0.39, 0.29) is 12.5 Å². The van der Waals surface area contributed by atoms with Crippen molar-refractivity contribution in [3.63, 3.8) is 0 Å². The first kappa shape index (κ1) is 22.1. The van der Waals surface area contributed by atoms with Gasteiger partial charge in [0.05, 0.1) is 25.8 Å². The Bertz CT molecular complexity index is 1110. The van der Waals surface area contributed by atoms with Crippen LogP contribution in [0.15, 0.2) is 47.4 Å². The summed E-state index contributed by atoms with van der Waals surface area (Å²) in [5.74, 6) is 1.08. The topological polar surface area (TPSA) is 94.9 Å². The number of methoxy groups -OCH3 is 2. The van der Waals surface area contributed by atoms with Gasteiger partial charge in [0.15, 0.2) is 11.5 Å². The molecule has 1 amide bonds. The number of hydrogen-bond donors (Lipinski definition) is 1. The van der Waals surface area contributed by atoms with E-state index in [0.29, 0.717) is 40.3 Å². The number of amides is 1. The number of anilines is 1. The Kier molecular flexibility index (Phi) is 7.09. The van der Waals surface area contributed by atoms with E-state index in [9.17, 15) is 9.59 Å². The molecular weight excluding hydrogens is 400 g/mol. The maximum atomic E-state index is 12.9. The van der Waals surface area contributed by atoms with E-state index < -0.39 is 5.56 Å². The lowest BCUT2D eigenvalue weighted by Gasteiger charge is -2.12. The SMILES string of the molecule is COc1ccc2cnn(CC(=O)Nc3ccc(OCCN(C)C)cc3)c(=O)c2c1OC. The Morgan fingerprint density at radius 3 is 2.48 bits per heavy atom. The zero-order chi connectivity index (χ0) is 22.4. The number of nitrogens with one attached hydrogen (secondary N) is 1. The van der Waals surface area contributed by atoms with E-state index in [1.165, 1.54) is 20.4 Å². The molecule has 0 bridgehead atoms. The van der Waals surface area contributed by atoms with Gasteiger partial charge in [0, 0.05) is 17.6 Å². The summed E-state index contributed by atoms with van der Waals surface area (Å²) >= 11 is 0. The fourth-order valence-electron chi connectivity index (χ4n) is 3.01. The standard InChI is InChI=1S/C22H26N4O5/c1-25(2)11-12-31-17-8-6-16(7-9-17)24-19(27)14-26-22(28)20-15(13-23-26)5-10-18(29-3)21(20)30-4/h5-10,13H,11-12,14H2,1-4H3,(H,24,27). The van der Waals surface area contributed by atoms with Gasteiger partial charge in [-0.25, -0.2) is 4.68 Å². The van der Waals surface area contributed by atoms with Crippen molar-refractivity contribution in [2.75, 3.05) is 46.8 Å². The predicted octanol–water partition coefficient (Wildman–Crippen LogP) is 1.99. The minimum absolute atomic E-state index is 0.240. The van der Waals surface area contributed by atoms with Gasteiger partial charge in [-0.15, -0.1) is 0 Å². The third kappa shape index (κ3) is 5.32. The third-order valence-electron chi connectivity index (χ3n) is 4.60. The second-order valence-corrected chi connectivity index (χ2v) is 7.10. The van der Waals surface area contributed by atoms with E-state index in [2.05, 4.69) is 10.4 Å². The molecule has 3 rings (SSSR count). The molecule has 0 saturated carbocycles. The zero-order valence-corrected chi connectivity index (χ0v) is 18.0. The van der Waals surface area contributed by atoms with E-state index >= 15 is 0 Å². The van der Waals surface area contributed by atoms with E-state index in [0.717, 1.165) is 11.2 Å². The van der Waals surface area contributed by atoms with Crippen LogP contribution in [0.1, 0.15) is 0 Å². The van der Waals surface area contributed by atoms with Gasteiger partial charge in [-0.3, -0.25) is 9.59 Å². The van der Waals surface area contributed by atoms with Crippen LogP contribution in [-0.2, 0) is 11.3 Å². The summed E-state index contributed by atoms with van der Waals surface area (Å²) in [6, 6.07) is 10.5. The highest BCUT2D eigenvalue weighted by molar-refractivity contribution is 5.92. The number of benzene rings is 2. The molecule has 31 heavy (non-hydrogen) atoms. The quantitative estimate of drug-likeness (QED) is 0.559. The molecule has 0 aliphatic heterocycles. The number of likely N-dealkylation sites (N-methyl/N-ethyl adjacent to an activating group) is 1. The summed E-state index contributed by atoms with van der Waals surface area (Å²) in [7, 11) is 6.91. The van der Waals surface area contributed by atoms with Crippen LogP contribution < -0.4 is 25.1 Å². The molecule has 164 valence electrons. The molecule has 1 heterocycles. The van der Waals surface area contributed by atoms with Gasteiger partial charge >= 0.3 is 0 Å². The van der Waals surface area contributed by atoms with Crippen molar-refractivity contribution >= 4 is 22.4 Å². The second-order valence-electron chi connectivity index (χ2n) is 7.10. The lowest BCUT2D eigenvalue weighted by molar-refractivity contribution is -0.117. The Hall–Kier alpha value is -3.59. The number of carbonyl (C=O) groups is 1. The normalized spacial score (nSPS) is 10.9.